The first-order valence-electron chi connectivity index (χ1n) is 9.29. The third kappa shape index (κ3) is 5.68. The minimum Gasteiger partial charge on any atom is -0.325 e. The second-order valence-electron chi connectivity index (χ2n) is 6.92. The molecule has 3 aromatic rings. The van der Waals surface area contributed by atoms with Gasteiger partial charge in [-0.15, -0.1) is 0 Å². The molecule has 3 rings (SSSR count). The summed E-state index contributed by atoms with van der Waals surface area (Å²) in [7, 11) is -4.09. The second-order valence-corrected chi connectivity index (χ2v) is 9.70. The molecule has 0 saturated carbocycles. The molecular weight excluding hydrogens is 509 g/mol. The van der Waals surface area contributed by atoms with Crippen molar-refractivity contribution >= 4 is 43.2 Å². The zero-order valence-corrected chi connectivity index (χ0v) is 19.1. The number of carbonyl (C=O) groups excluding carboxylic acids is 1. The van der Waals surface area contributed by atoms with E-state index >= 15 is 0 Å². The molecule has 0 atom stereocenters. The van der Waals surface area contributed by atoms with Crippen molar-refractivity contribution < 1.29 is 26.4 Å². The summed E-state index contributed by atoms with van der Waals surface area (Å²) in [5, 5.41) is 2.44. The predicted molar refractivity (Wildman–Crippen MR) is 120 cm³/mol. The van der Waals surface area contributed by atoms with E-state index in [4.69, 9.17) is 0 Å². The number of hydrogen-bond acceptors (Lipinski definition) is 3. The zero-order valence-electron chi connectivity index (χ0n) is 16.7. The summed E-state index contributed by atoms with van der Waals surface area (Å²) in [5.74, 6) is -0.705. The highest BCUT2D eigenvalue weighted by Crippen LogP contribution is 2.30. The van der Waals surface area contributed by atoms with Crippen LogP contribution in [0.5, 0.6) is 0 Å². The quantitative estimate of drug-likeness (QED) is 0.453. The van der Waals surface area contributed by atoms with Crippen LogP contribution in [0.25, 0.3) is 0 Å². The lowest BCUT2D eigenvalue weighted by atomic mass is 10.2. The molecule has 3 aromatic carbocycles. The Morgan fingerprint density at radius 2 is 1.50 bits per heavy atom. The van der Waals surface area contributed by atoms with E-state index in [-0.39, 0.29) is 16.3 Å². The number of aryl methyl sites for hydroxylation is 1. The maximum atomic E-state index is 13.3. The summed E-state index contributed by atoms with van der Waals surface area (Å²) < 4.78 is 66.4. The Balaban J connectivity index is 1.88. The summed E-state index contributed by atoms with van der Waals surface area (Å²) in [5.41, 5.74) is 0.399. The number of nitrogens with one attached hydrogen (secondary N) is 1. The molecule has 0 spiro atoms. The number of rotatable bonds is 6. The van der Waals surface area contributed by atoms with Crippen molar-refractivity contribution in [3.05, 3.63) is 88.4 Å². The van der Waals surface area contributed by atoms with E-state index < -0.39 is 34.2 Å². The van der Waals surface area contributed by atoms with Crippen LogP contribution in [0, 0.1) is 6.92 Å². The second kappa shape index (κ2) is 9.33. The van der Waals surface area contributed by atoms with Crippen LogP contribution in [0.4, 0.5) is 24.5 Å². The molecule has 0 radical (unpaired) electrons. The lowest BCUT2D eigenvalue weighted by Crippen LogP contribution is -2.38. The van der Waals surface area contributed by atoms with Gasteiger partial charge in [0, 0.05) is 10.2 Å². The van der Waals surface area contributed by atoms with Crippen molar-refractivity contribution in [1.29, 1.82) is 0 Å². The highest BCUT2D eigenvalue weighted by atomic mass is 79.9. The number of benzene rings is 3. The van der Waals surface area contributed by atoms with Gasteiger partial charge < -0.3 is 5.32 Å². The van der Waals surface area contributed by atoms with Gasteiger partial charge in [0.1, 0.15) is 6.54 Å². The monoisotopic (exact) mass is 526 g/mol. The smallest absolute Gasteiger partial charge is 0.325 e. The van der Waals surface area contributed by atoms with Crippen LogP contribution in [-0.2, 0) is 21.0 Å². The number of sulfonamides is 1. The van der Waals surface area contributed by atoms with Gasteiger partial charge in [0.25, 0.3) is 10.0 Å². The van der Waals surface area contributed by atoms with Crippen LogP contribution in [0.2, 0.25) is 0 Å². The first kappa shape index (κ1) is 23.8. The van der Waals surface area contributed by atoms with Crippen molar-refractivity contribution in [3.63, 3.8) is 0 Å². The Morgan fingerprint density at radius 1 is 0.938 bits per heavy atom. The van der Waals surface area contributed by atoms with Crippen molar-refractivity contribution in [2.75, 3.05) is 16.2 Å². The molecule has 0 heterocycles. The van der Waals surface area contributed by atoms with Gasteiger partial charge in [-0.3, -0.25) is 9.10 Å². The summed E-state index contributed by atoms with van der Waals surface area (Å²) >= 11 is 3.29. The molecule has 10 heteroatoms. The van der Waals surface area contributed by atoms with Gasteiger partial charge in [-0.2, -0.15) is 13.2 Å². The van der Waals surface area contributed by atoms with Gasteiger partial charge >= 0.3 is 6.18 Å². The minimum absolute atomic E-state index is 0.00773. The van der Waals surface area contributed by atoms with Crippen LogP contribution in [-0.4, -0.2) is 20.9 Å². The van der Waals surface area contributed by atoms with Gasteiger partial charge in [0.2, 0.25) is 5.91 Å². The molecule has 32 heavy (non-hydrogen) atoms. The zero-order chi connectivity index (χ0) is 23.5. The number of amides is 1. The Kier molecular flexibility index (Phi) is 6.94. The highest BCUT2D eigenvalue weighted by molar-refractivity contribution is 9.10. The molecule has 0 bridgehead atoms. The number of carbonyl (C=O) groups is 1. The van der Waals surface area contributed by atoms with E-state index in [0.29, 0.717) is 0 Å². The fourth-order valence-corrected chi connectivity index (χ4v) is 4.52. The average Bonchev–Trinajstić information content (AvgIpc) is 2.73. The first-order valence-corrected chi connectivity index (χ1v) is 11.5. The number of halogens is 4. The SMILES string of the molecule is Cc1ccc(S(=O)(=O)N(CC(=O)Nc2ccc(C(F)(F)F)cc2)c2ccc(Br)cc2)cc1. The third-order valence-corrected chi connectivity index (χ3v) is 6.82. The Bertz CT molecular complexity index is 1200. The van der Waals surface area contributed by atoms with Gasteiger partial charge in [-0.1, -0.05) is 33.6 Å². The number of anilines is 2. The molecule has 0 unspecified atom stereocenters. The Labute approximate surface area is 192 Å². The Hall–Kier alpha value is -2.85. The van der Waals surface area contributed by atoms with Crippen LogP contribution in [0.1, 0.15) is 11.1 Å². The van der Waals surface area contributed by atoms with Crippen LogP contribution >= 0.6 is 15.9 Å². The van der Waals surface area contributed by atoms with Gasteiger partial charge in [-0.05, 0) is 67.6 Å². The van der Waals surface area contributed by atoms with Crippen molar-refractivity contribution in [2.45, 2.75) is 18.0 Å². The number of nitrogens with zero attached hydrogens (tertiary/aromatic N) is 1. The summed E-state index contributed by atoms with van der Waals surface area (Å²) in [4.78, 5) is 12.6. The molecule has 1 amide bonds. The molecule has 1 N–H and O–H groups in total. The van der Waals surface area contributed by atoms with Gasteiger partial charge in [0.15, 0.2) is 0 Å². The molecular formula is C22H18BrF3N2O3S. The highest BCUT2D eigenvalue weighted by Gasteiger charge is 2.30. The van der Waals surface area contributed by atoms with E-state index in [0.717, 1.165) is 38.6 Å². The molecule has 5 nitrogen and oxygen atoms in total. The fourth-order valence-electron chi connectivity index (χ4n) is 2.83. The van der Waals surface area contributed by atoms with E-state index in [2.05, 4.69) is 21.2 Å². The maximum Gasteiger partial charge on any atom is 0.416 e. The molecule has 0 fully saturated rings. The van der Waals surface area contributed by atoms with E-state index in [9.17, 15) is 26.4 Å². The predicted octanol–water partition coefficient (Wildman–Crippen LogP) is 5.61. The standard InChI is InChI=1S/C22H18BrF3N2O3S/c1-15-2-12-20(13-3-15)32(30,31)28(19-10-6-17(23)7-11-19)14-21(29)27-18-8-4-16(5-9-18)22(24,25)26/h2-13H,14H2,1H3,(H,27,29). The third-order valence-electron chi connectivity index (χ3n) is 4.51. The summed E-state index contributed by atoms with van der Waals surface area (Å²) in [6.45, 7) is 1.25. The summed E-state index contributed by atoms with van der Waals surface area (Å²) in [6, 6.07) is 16.5. The summed E-state index contributed by atoms with van der Waals surface area (Å²) in [6.07, 6.45) is -4.50. The normalized spacial score (nSPS) is 11.8. The van der Waals surface area contributed by atoms with Crippen molar-refractivity contribution in [2.24, 2.45) is 0 Å². The topological polar surface area (TPSA) is 66.5 Å². The van der Waals surface area contributed by atoms with E-state index in [1.165, 1.54) is 12.1 Å². The fraction of sp³-hybridized carbons (Fsp3) is 0.136. The van der Waals surface area contributed by atoms with Crippen molar-refractivity contribution in [3.8, 4) is 0 Å². The molecule has 168 valence electrons. The average molecular weight is 527 g/mol. The molecule has 0 aliphatic heterocycles. The Morgan fingerprint density at radius 3 is 2.03 bits per heavy atom. The van der Waals surface area contributed by atoms with Crippen LogP contribution < -0.4 is 9.62 Å². The molecule has 0 saturated heterocycles. The number of alkyl halides is 3. The minimum atomic E-state index is -4.50. The van der Waals surface area contributed by atoms with Gasteiger partial charge in [0.05, 0.1) is 16.1 Å². The van der Waals surface area contributed by atoms with E-state index in [1.54, 1.807) is 36.4 Å². The number of hydrogen-bond donors (Lipinski definition) is 1. The molecule has 0 aliphatic rings. The molecule has 0 aromatic heterocycles. The lowest BCUT2D eigenvalue weighted by Gasteiger charge is -2.24. The largest absolute Gasteiger partial charge is 0.416 e. The molecule has 0 aliphatic carbocycles. The van der Waals surface area contributed by atoms with Crippen LogP contribution in [0.15, 0.2) is 82.2 Å². The van der Waals surface area contributed by atoms with Gasteiger partial charge in [-0.25, -0.2) is 8.42 Å². The lowest BCUT2D eigenvalue weighted by molar-refractivity contribution is -0.137. The van der Waals surface area contributed by atoms with E-state index in [1.807, 2.05) is 6.92 Å². The van der Waals surface area contributed by atoms with Crippen molar-refractivity contribution in [1.82, 2.24) is 0 Å². The maximum absolute atomic E-state index is 13.3. The first-order chi connectivity index (χ1) is 15.0. The van der Waals surface area contributed by atoms with Crippen LogP contribution in [0.3, 0.4) is 0 Å².